The van der Waals surface area contributed by atoms with Crippen LogP contribution < -0.4 is 27.4 Å². The number of nitrogens with one attached hydrogen (secondary N) is 1. The van der Waals surface area contributed by atoms with Crippen LogP contribution in [0.2, 0.25) is 0 Å². The lowest BCUT2D eigenvalue weighted by Gasteiger charge is -2.32. The van der Waals surface area contributed by atoms with Gasteiger partial charge in [0.2, 0.25) is 5.88 Å². The molecular formula is C40H56N8O6. The fourth-order valence-corrected chi connectivity index (χ4v) is 8.89. The summed E-state index contributed by atoms with van der Waals surface area (Å²) in [5.41, 5.74) is 0.134. The number of ether oxygens (including phenoxy) is 2. The molecule has 2 aromatic rings. The summed E-state index contributed by atoms with van der Waals surface area (Å²) in [4.78, 5) is 58.1. The number of hydrogen-bond acceptors (Lipinski definition) is 12. The van der Waals surface area contributed by atoms with E-state index < -0.39 is 5.56 Å². The van der Waals surface area contributed by atoms with Crippen LogP contribution in [0.4, 0.5) is 5.69 Å². The second-order valence-electron chi connectivity index (χ2n) is 15.9. The predicted octanol–water partition coefficient (Wildman–Crippen LogP) is 1.31. The molecule has 0 bridgehead atoms. The third-order valence-electron chi connectivity index (χ3n) is 12.2. The lowest BCUT2D eigenvalue weighted by Crippen LogP contribution is -2.45. The van der Waals surface area contributed by atoms with Crippen molar-refractivity contribution in [2.24, 2.45) is 4.99 Å². The monoisotopic (exact) mass is 744 g/mol. The van der Waals surface area contributed by atoms with Gasteiger partial charge >= 0.3 is 0 Å². The molecular weight excluding hydrogens is 688 g/mol. The van der Waals surface area contributed by atoms with Crippen molar-refractivity contribution in [1.29, 1.82) is 0 Å². The number of piperazine rings is 2. The molecule has 2 atom stereocenters. The number of anilines is 1. The molecule has 14 heteroatoms. The maximum absolute atomic E-state index is 14.6. The van der Waals surface area contributed by atoms with E-state index in [0.717, 1.165) is 91.1 Å². The Balaban J connectivity index is 1.26. The summed E-state index contributed by atoms with van der Waals surface area (Å²) in [6, 6.07) is 3.52. The molecule has 4 fully saturated rings. The third-order valence-corrected chi connectivity index (χ3v) is 12.2. The smallest absolute Gasteiger partial charge is 0.263 e. The number of pyridine rings is 2. The van der Waals surface area contributed by atoms with Crippen molar-refractivity contribution >= 4 is 27.2 Å². The van der Waals surface area contributed by atoms with E-state index in [1.54, 1.807) is 12.1 Å². The highest BCUT2D eigenvalue weighted by Gasteiger charge is 2.30. The maximum Gasteiger partial charge on any atom is 0.263 e. The Labute approximate surface area is 315 Å². The van der Waals surface area contributed by atoms with E-state index in [0.29, 0.717) is 89.4 Å². The average molecular weight is 745 g/mol. The summed E-state index contributed by atoms with van der Waals surface area (Å²) in [6.07, 6.45) is 4.98. The molecule has 5 aliphatic heterocycles. The number of hydrogen-bond donors (Lipinski definition) is 2. The molecule has 0 spiro atoms. The van der Waals surface area contributed by atoms with E-state index >= 15 is 0 Å². The fraction of sp³-hybridized carbons (Fsp3) is 0.650. The summed E-state index contributed by atoms with van der Waals surface area (Å²) in [5, 5.41) is 17.4. The first-order valence-electron chi connectivity index (χ1n) is 20.1. The normalized spacial score (nSPS) is 22.9. The van der Waals surface area contributed by atoms with Gasteiger partial charge in [0.05, 0.1) is 40.4 Å². The van der Waals surface area contributed by atoms with Crippen LogP contribution in [0.1, 0.15) is 38.5 Å². The first kappa shape index (κ1) is 37.3. The number of likely N-dealkylation sites (N-methyl/N-ethyl adjacent to an activating group) is 2. The molecule has 14 nitrogen and oxygen atoms in total. The van der Waals surface area contributed by atoms with Crippen molar-refractivity contribution < 1.29 is 14.6 Å². The van der Waals surface area contributed by atoms with E-state index in [1.807, 2.05) is 0 Å². The minimum absolute atomic E-state index is 0.0106. The van der Waals surface area contributed by atoms with E-state index in [9.17, 15) is 19.5 Å². The van der Waals surface area contributed by atoms with Crippen LogP contribution in [-0.2, 0) is 22.6 Å². The Hall–Kier alpha value is -3.66. The predicted molar refractivity (Wildman–Crippen MR) is 211 cm³/mol. The van der Waals surface area contributed by atoms with E-state index in [1.165, 1.54) is 9.13 Å². The Kier molecular flexibility index (Phi) is 11.2. The minimum Gasteiger partial charge on any atom is -0.494 e. The van der Waals surface area contributed by atoms with Gasteiger partial charge in [-0.25, -0.2) is 0 Å². The summed E-state index contributed by atoms with van der Waals surface area (Å²) in [7, 11) is 4.25. The van der Waals surface area contributed by atoms with Crippen LogP contribution in [0, 0.1) is 0 Å². The van der Waals surface area contributed by atoms with Crippen molar-refractivity contribution in [2.75, 3.05) is 111 Å². The van der Waals surface area contributed by atoms with Crippen molar-refractivity contribution in [2.45, 2.75) is 63.8 Å². The third kappa shape index (κ3) is 7.48. The van der Waals surface area contributed by atoms with Crippen molar-refractivity contribution in [3.63, 3.8) is 0 Å². The highest BCUT2D eigenvalue weighted by Crippen LogP contribution is 2.41. The van der Waals surface area contributed by atoms with E-state index in [-0.39, 0.29) is 35.8 Å². The van der Waals surface area contributed by atoms with Gasteiger partial charge in [0.25, 0.3) is 16.7 Å². The molecule has 292 valence electrons. The van der Waals surface area contributed by atoms with Crippen LogP contribution in [0.5, 0.6) is 5.88 Å². The summed E-state index contributed by atoms with van der Waals surface area (Å²) in [5.74, 6) is -0.158. The zero-order chi connectivity index (χ0) is 37.3. The number of aromatic hydroxyl groups is 1. The van der Waals surface area contributed by atoms with Gasteiger partial charge in [-0.15, -0.1) is 0 Å². The SMILES string of the molecule is CN1CCN(CCCn2c(O)c3cc(NC[C@@H]4CCCO4)c4c5c3c(c(=NC[C@H]3CCCO3)cc-5c(=O)n(CCCN3CCN(C)CC3)c4=O)c2=O)CC1. The van der Waals surface area contributed by atoms with E-state index in [4.69, 9.17) is 14.5 Å². The molecule has 0 saturated carbocycles. The standard InChI is InChI=1S/C40H56N8O6/c1-43-13-17-45(18-14-43)9-5-11-47-37(49)29-23-32(42-26-28-8-4-22-54-28)36-34-30(24-31(35(33(29)34)39(47)51)41-25-27-7-3-21-53-27)38(50)48(40(36)52)12-6-10-46-19-15-44(2)16-20-46/h23-24,27-28,41,50H,3-22,25-26H2,1-2H3/t27-,28+/m0/s1. The molecule has 1 aliphatic carbocycles. The molecule has 6 aliphatic rings. The molecule has 8 rings (SSSR count). The molecule has 0 radical (unpaired) electrons. The Morgan fingerprint density at radius 1 is 0.722 bits per heavy atom. The quantitative estimate of drug-likeness (QED) is 0.192. The van der Waals surface area contributed by atoms with E-state index in [2.05, 4.69) is 39.0 Å². The number of aromatic nitrogens is 2. The molecule has 6 heterocycles. The molecule has 54 heavy (non-hydrogen) atoms. The second kappa shape index (κ2) is 16.2. The minimum atomic E-state index is -0.394. The zero-order valence-corrected chi connectivity index (χ0v) is 32.0. The van der Waals surface area contributed by atoms with Gasteiger partial charge < -0.3 is 39.5 Å². The summed E-state index contributed by atoms with van der Waals surface area (Å²) >= 11 is 0. The van der Waals surface area contributed by atoms with Crippen molar-refractivity contribution in [3.8, 4) is 17.0 Å². The van der Waals surface area contributed by atoms with Gasteiger partial charge in [-0.3, -0.25) is 28.5 Å². The molecule has 1 aromatic carbocycles. The number of rotatable bonds is 13. The average Bonchev–Trinajstić information content (AvgIpc) is 3.91. The Bertz CT molecular complexity index is 2130. The van der Waals surface area contributed by atoms with Gasteiger partial charge in [0, 0.05) is 107 Å². The molecule has 1 aromatic heterocycles. The molecule has 2 N–H and O–H groups in total. The fourth-order valence-electron chi connectivity index (χ4n) is 8.89. The van der Waals surface area contributed by atoms with Crippen LogP contribution in [0.3, 0.4) is 0 Å². The highest BCUT2D eigenvalue weighted by molar-refractivity contribution is 6.18. The maximum atomic E-state index is 14.6. The highest BCUT2D eigenvalue weighted by atomic mass is 16.5. The summed E-state index contributed by atoms with van der Waals surface area (Å²) < 4.78 is 14.6. The van der Waals surface area contributed by atoms with Crippen LogP contribution in [0.15, 0.2) is 31.5 Å². The first-order valence-corrected chi connectivity index (χ1v) is 20.1. The zero-order valence-electron chi connectivity index (χ0n) is 32.0. The van der Waals surface area contributed by atoms with Gasteiger partial charge in [-0.1, -0.05) is 0 Å². The molecule has 4 saturated heterocycles. The largest absolute Gasteiger partial charge is 0.494 e. The molecule has 0 amide bonds. The van der Waals surface area contributed by atoms with Gasteiger partial charge in [-0.2, -0.15) is 0 Å². The van der Waals surface area contributed by atoms with Gasteiger partial charge in [0.1, 0.15) is 0 Å². The number of nitrogens with zero attached hydrogens (tertiary/aromatic N) is 7. The Morgan fingerprint density at radius 2 is 1.31 bits per heavy atom. The Morgan fingerprint density at radius 3 is 1.93 bits per heavy atom. The second-order valence-corrected chi connectivity index (χ2v) is 15.9. The first-order chi connectivity index (χ1) is 26.3. The van der Waals surface area contributed by atoms with Gasteiger partial charge in [-0.05, 0) is 77.8 Å². The lowest BCUT2D eigenvalue weighted by atomic mass is 9.89. The van der Waals surface area contributed by atoms with Crippen LogP contribution in [0.25, 0.3) is 32.7 Å². The van der Waals surface area contributed by atoms with Crippen molar-refractivity contribution in [3.05, 3.63) is 48.6 Å². The number of benzene rings is 2. The van der Waals surface area contributed by atoms with Crippen LogP contribution in [-0.4, -0.2) is 152 Å². The summed E-state index contributed by atoms with van der Waals surface area (Å²) in [6.45, 7) is 12.3. The van der Waals surface area contributed by atoms with Crippen LogP contribution >= 0.6 is 0 Å². The van der Waals surface area contributed by atoms with Gasteiger partial charge in [0.15, 0.2) is 0 Å². The van der Waals surface area contributed by atoms with Crippen molar-refractivity contribution in [1.82, 2.24) is 28.7 Å². The molecule has 0 unspecified atom stereocenters. The topological polar surface area (TPSA) is 137 Å². The lowest BCUT2D eigenvalue weighted by molar-refractivity contribution is 0.117.